The Morgan fingerprint density at radius 3 is 2.47 bits per heavy atom. The number of ether oxygens (including phenoxy) is 1. The number of aromatic amines is 1. The first-order valence-corrected chi connectivity index (χ1v) is 10.7. The molecule has 0 radical (unpaired) electrons. The molecule has 0 spiro atoms. The molecule has 0 unspecified atom stereocenters. The predicted octanol–water partition coefficient (Wildman–Crippen LogP) is 0.336. The molecular formula is C23H26F3N4O4+. The van der Waals surface area contributed by atoms with Crippen molar-refractivity contribution in [2.45, 2.75) is 26.6 Å². The molecule has 8 nitrogen and oxygen atoms in total. The molecule has 4 rings (SSSR count). The molecule has 34 heavy (non-hydrogen) atoms. The Morgan fingerprint density at radius 1 is 1.15 bits per heavy atom. The molecule has 1 aliphatic rings. The van der Waals surface area contributed by atoms with E-state index in [1.54, 1.807) is 0 Å². The number of pyridine rings is 1. The number of anilines is 1. The standard InChI is InChI=1S/C21H24N4O2.C2HF3O2/c1-15-6-5-7-17(16(15)2)23-21(26)20-22-18(14-24-10-12-27-13-11-24)19-8-3-4-9-25(19)20;3-2(4,5)1(6)7/h3-9H,10-14H2,1-2H3,(H,23,26);(H,6,7)/p+1. The second kappa shape index (κ2) is 10.7. The van der Waals surface area contributed by atoms with Crippen LogP contribution in [0.1, 0.15) is 27.4 Å². The highest BCUT2D eigenvalue weighted by Gasteiger charge is 2.29. The third-order valence-corrected chi connectivity index (χ3v) is 5.61. The summed E-state index contributed by atoms with van der Waals surface area (Å²) in [4.78, 5) is 26.6. The van der Waals surface area contributed by atoms with Crippen molar-refractivity contribution in [2.24, 2.45) is 0 Å². The molecule has 1 saturated heterocycles. The second-order valence-electron chi connectivity index (χ2n) is 7.93. The number of hydrogen-bond acceptors (Lipinski definition) is 4. The van der Waals surface area contributed by atoms with E-state index >= 15 is 0 Å². The average molecular weight is 479 g/mol. The summed E-state index contributed by atoms with van der Waals surface area (Å²) in [6.07, 6.45) is -3.26. The van der Waals surface area contributed by atoms with Gasteiger partial charge in [-0.25, -0.2) is 4.98 Å². The highest BCUT2D eigenvalue weighted by atomic mass is 19.4. The number of morpholine rings is 1. The number of H-pyrrole nitrogens is 1. The van der Waals surface area contributed by atoms with Gasteiger partial charge in [0.05, 0.1) is 19.4 Å². The lowest BCUT2D eigenvalue weighted by atomic mass is 10.1. The van der Waals surface area contributed by atoms with Gasteiger partial charge in [-0.15, -0.1) is 0 Å². The van der Waals surface area contributed by atoms with Crippen molar-refractivity contribution in [3.63, 3.8) is 0 Å². The van der Waals surface area contributed by atoms with Crippen LogP contribution in [-0.2, 0) is 16.1 Å². The summed E-state index contributed by atoms with van der Waals surface area (Å²) in [5.74, 6) is -2.59. The Bertz CT molecular complexity index is 1170. The monoisotopic (exact) mass is 479 g/mol. The van der Waals surface area contributed by atoms with E-state index in [1.807, 2.05) is 54.8 Å². The molecule has 182 valence electrons. The van der Waals surface area contributed by atoms with Gasteiger partial charge in [0.1, 0.15) is 25.6 Å². The molecule has 1 aliphatic heterocycles. The first-order valence-electron chi connectivity index (χ1n) is 10.7. The number of fused-ring (bicyclic) bond motifs is 1. The maximum atomic E-state index is 13.0. The first kappa shape index (κ1) is 25.2. The summed E-state index contributed by atoms with van der Waals surface area (Å²) < 4.78 is 38.9. The average Bonchev–Trinajstić information content (AvgIpc) is 3.16. The number of amides is 1. The van der Waals surface area contributed by atoms with Crippen LogP contribution in [0, 0.1) is 13.8 Å². The zero-order valence-corrected chi connectivity index (χ0v) is 18.8. The zero-order valence-electron chi connectivity index (χ0n) is 18.8. The molecule has 3 aromatic rings. The van der Waals surface area contributed by atoms with Crippen LogP contribution < -0.4 is 19.7 Å². The third-order valence-electron chi connectivity index (χ3n) is 5.61. The molecule has 11 heteroatoms. The SMILES string of the molecule is Cc1cccc(NC(=O)c2[nH]c(C[NH+]3CCOCC3)c3cccc[n+]23)c1C.O=C([O-])C(F)(F)F. The van der Waals surface area contributed by atoms with E-state index in [2.05, 4.69) is 16.4 Å². The van der Waals surface area contributed by atoms with Crippen LogP contribution in [0.2, 0.25) is 0 Å². The molecule has 0 atom stereocenters. The molecular weight excluding hydrogens is 453 g/mol. The van der Waals surface area contributed by atoms with Crippen molar-refractivity contribution < 1.29 is 41.9 Å². The minimum atomic E-state index is -5.19. The van der Waals surface area contributed by atoms with Crippen LogP contribution in [0.25, 0.3) is 5.52 Å². The molecule has 1 amide bonds. The molecule has 0 bridgehead atoms. The normalized spacial score (nSPS) is 14.4. The van der Waals surface area contributed by atoms with Crippen LogP contribution in [-0.4, -0.2) is 49.3 Å². The molecule has 3 heterocycles. The lowest BCUT2D eigenvalue weighted by molar-refractivity contribution is -0.921. The van der Waals surface area contributed by atoms with Crippen molar-refractivity contribution >= 4 is 23.1 Å². The summed E-state index contributed by atoms with van der Waals surface area (Å²) in [5.41, 5.74) is 5.22. The van der Waals surface area contributed by atoms with Gasteiger partial charge < -0.3 is 24.9 Å². The molecule has 3 N–H and O–H groups in total. The van der Waals surface area contributed by atoms with Crippen LogP contribution in [0.5, 0.6) is 0 Å². The maximum absolute atomic E-state index is 13.0. The number of nitrogens with one attached hydrogen (secondary N) is 3. The highest BCUT2D eigenvalue weighted by Crippen LogP contribution is 2.18. The number of carbonyl (C=O) groups excluding carboxylic acids is 2. The second-order valence-corrected chi connectivity index (χ2v) is 7.93. The summed E-state index contributed by atoms with van der Waals surface area (Å²) in [5, 5.41) is 11.8. The van der Waals surface area contributed by atoms with Crippen LogP contribution in [0.4, 0.5) is 18.9 Å². The lowest BCUT2D eigenvalue weighted by Gasteiger charge is -2.22. The minimum Gasteiger partial charge on any atom is -0.542 e. The van der Waals surface area contributed by atoms with E-state index in [0.29, 0.717) is 5.82 Å². The van der Waals surface area contributed by atoms with Gasteiger partial charge in [0.25, 0.3) is 0 Å². The Hall–Kier alpha value is -3.44. The topological polar surface area (TPSA) is 103 Å². The third kappa shape index (κ3) is 6.12. The van der Waals surface area contributed by atoms with Crippen molar-refractivity contribution in [1.29, 1.82) is 0 Å². The van der Waals surface area contributed by atoms with Gasteiger partial charge in [0, 0.05) is 5.69 Å². The molecule has 1 aromatic carbocycles. The first-order chi connectivity index (χ1) is 16.1. The molecule has 1 fully saturated rings. The van der Waals surface area contributed by atoms with Crippen LogP contribution in [0.15, 0.2) is 42.6 Å². The Labute approximate surface area is 194 Å². The number of imidazole rings is 1. The number of hydrogen-bond donors (Lipinski definition) is 3. The highest BCUT2D eigenvalue weighted by molar-refractivity contribution is 6.01. The van der Waals surface area contributed by atoms with Crippen LogP contribution in [0.3, 0.4) is 0 Å². The fourth-order valence-corrected chi connectivity index (χ4v) is 3.61. The number of aliphatic carboxylic acids is 1. The predicted molar refractivity (Wildman–Crippen MR) is 114 cm³/mol. The lowest BCUT2D eigenvalue weighted by Crippen LogP contribution is -3.12. The van der Waals surface area contributed by atoms with Crippen molar-refractivity contribution in [3.8, 4) is 0 Å². The van der Waals surface area contributed by atoms with E-state index in [9.17, 15) is 18.0 Å². The molecule has 0 aliphatic carbocycles. The smallest absolute Gasteiger partial charge is 0.430 e. The number of benzene rings is 1. The summed E-state index contributed by atoms with van der Waals surface area (Å²) in [6, 6.07) is 12.0. The van der Waals surface area contributed by atoms with Crippen molar-refractivity contribution in [1.82, 2.24) is 4.98 Å². The summed E-state index contributed by atoms with van der Waals surface area (Å²) in [6.45, 7) is 8.49. The van der Waals surface area contributed by atoms with E-state index in [1.165, 1.54) is 4.90 Å². The van der Waals surface area contributed by atoms with Gasteiger partial charge in [-0.1, -0.05) is 18.2 Å². The van der Waals surface area contributed by atoms with E-state index in [4.69, 9.17) is 14.6 Å². The number of carboxylic acid groups (broad SMARTS) is 1. The van der Waals surface area contributed by atoms with Gasteiger partial charge in [0.2, 0.25) is 5.69 Å². The van der Waals surface area contributed by atoms with Crippen molar-refractivity contribution in [2.75, 3.05) is 31.6 Å². The van der Waals surface area contributed by atoms with Gasteiger partial charge in [0.15, 0.2) is 5.52 Å². The molecule has 0 saturated carbocycles. The quantitative estimate of drug-likeness (QED) is 0.470. The number of carboxylic acids is 1. The van der Waals surface area contributed by atoms with Crippen molar-refractivity contribution in [3.05, 3.63) is 65.2 Å². The number of aryl methyl sites for hydroxylation is 1. The number of halogens is 3. The number of quaternary nitrogens is 1. The van der Waals surface area contributed by atoms with Gasteiger partial charge in [-0.2, -0.15) is 17.6 Å². The Morgan fingerprint density at radius 2 is 1.82 bits per heavy atom. The van der Waals surface area contributed by atoms with Gasteiger partial charge >= 0.3 is 17.9 Å². The van der Waals surface area contributed by atoms with E-state index < -0.39 is 12.1 Å². The Kier molecular flexibility index (Phi) is 7.90. The summed E-state index contributed by atoms with van der Waals surface area (Å²) in [7, 11) is 0. The Balaban J connectivity index is 0.000000406. The number of aromatic nitrogens is 2. The molecule has 2 aromatic heterocycles. The fourth-order valence-electron chi connectivity index (χ4n) is 3.61. The number of nitrogens with zero attached hydrogens (tertiary/aromatic N) is 1. The summed E-state index contributed by atoms with van der Waals surface area (Å²) >= 11 is 0. The fraction of sp³-hybridized carbons (Fsp3) is 0.348. The minimum absolute atomic E-state index is 0.131. The van der Waals surface area contributed by atoms with E-state index in [-0.39, 0.29) is 5.91 Å². The maximum Gasteiger partial charge on any atom is 0.430 e. The van der Waals surface area contributed by atoms with Crippen LogP contribution >= 0.6 is 0 Å². The van der Waals surface area contributed by atoms with Gasteiger partial charge in [-0.3, -0.25) is 4.79 Å². The van der Waals surface area contributed by atoms with Gasteiger partial charge in [-0.05, 0) is 43.2 Å². The number of rotatable bonds is 4. The zero-order chi connectivity index (χ0) is 24.9. The largest absolute Gasteiger partial charge is 0.542 e. The van der Waals surface area contributed by atoms with E-state index in [0.717, 1.165) is 60.9 Å². The number of alkyl halides is 3. The number of carbonyl (C=O) groups is 2.